The molecule has 0 atom stereocenters. The van der Waals surface area contributed by atoms with Gasteiger partial charge in [0.2, 0.25) is 5.91 Å². The van der Waals surface area contributed by atoms with Gasteiger partial charge in [0.15, 0.2) is 5.57 Å². The molecule has 1 aromatic heterocycles. The standard InChI is InChI=1S/C28H29F3N6O4S/c1-5-37-26(40)23(42-27(37)22(14-32)25(39)34-17-28(29,30)31)15-33-18-8-6-10-20(12-18)36(3)24(38)16-35(2)19-9-7-11-21(13-19)41-4/h6-13,15,33H,5,16-17H2,1-4H3,(H,34,39)/b23-15+,27-22-. The molecule has 10 nitrogen and oxygen atoms in total. The molecule has 2 N–H and O–H groups in total. The van der Waals surface area contributed by atoms with E-state index in [1.54, 1.807) is 68.7 Å². The first-order valence-electron chi connectivity index (χ1n) is 12.6. The van der Waals surface area contributed by atoms with Gasteiger partial charge in [-0.25, -0.2) is 0 Å². The average Bonchev–Trinajstić information content (AvgIpc) is 3.29. The number of rotatable bonds is 10. The van der Waals surface area contributed by atoms with Crippen LogP contribution in [0.1, 0.15) is 6.92 Å². The highest BCUT2D eigenvalue weighted by atomic mass is 32.1. The molecular weight excluding hydrogens is 573 g/mol. The number of nitrogens with zero attached hydrogens (tertiary/aromatic N) is 4. The SMILES string of the molecule is CCn1c(=O)/c(=C\Nc2cccc(N(C)C(=O)CN(C)c3cccc(OC)c3)c2)s/c1=C(/C#N)C(=O)NCC(F)(F)F. The summed E-state index contributed by atoms with van der Waals surface area (Å²) in [5.74, 6) is -0.737. The Morgan fingerprint density at radius 1 is 1.14 bits per heavy atom. The number of aromatic nitrogens is 1. The van der Waals surface area contributed by atoms with E-state index < -0.39 is 29.8 Å². The number of thiazole rings is 1. The molecule has 0 unspecified atom stereocenters. The minimum absolute atomic E-state index is 0.0584. The number of alkyl halides is 3. The molecule has 2 amide bonds. The fourth-order valence-corrected chi connectivity index (χ4v) is 4.89. The van der Waals surface area contributed by atoms with Gasteiger partial charge in [-0.3, -0.25) is 19.0 Å². The van der Waals surface area contributed by atoms with Crippen molar-refractivity contribution >= 4 is 52.0 Å². The summed E-state index contributed by atoms with van der Waals surface area (Å²) in [4.78, 5) is 41.5. The largest absolute Gasteiger partial charge is 0.497 e. The Morgan fingerprint density at radius 3 is 2.48 bits per heavy atom. The summed E-state index contributed by atoms with van der Waals surface area (Å²) >= 11 is 0.799. The maximum Gasteiger partial charge on any atom is 0.405 e. The average molecular weight is 603 g/mol. The first-order chi connectivity index (χ1) is 19.9. The van der Waals surface area contributed by atoms with Gasteiger partial charge in [0.25, 0.3) is 11.5 Å². The summed E-state index contributed by atoms with van der Waals surface area (Å²) in [6.45, 7) is 0.183. The number of carbonyl (C=O) groups is 2. The highest BCUT2D eigenvalue weighted by Gasteiger charge is 2.29. The zero-order valence-electron chi connectivity index (χ0n) is 23.3. The van der Waals surface area contributed by atoms with E-state index in [0.717, 1.165) is 21.6 Å². The van der Waals surface area contributed by atoms with Crippen LogP contribution in [0.4, 0.5) is 30.2 Å². The van der Waals surface area contributed by atoms with Crippen LogP contribution in [-0.4, -0.2) is 56.9 Å². The molecule has 0 fully saturated rings. The first-order valence-corrected chi connectivity index (χ1v) is 13.4. The Labute approximate surface area is 243 Å². The molecule has 0 spiro atoms. The Morgan fingerprint density at radius 2 is 1.83 bits per heavy atom. The van der Waals surface area contributed by atoms with E-state index >= 15 is 0 Å². The molecule has 222 valence electrons. The van der Waals surface area contributed by atoms with Crippen molar-refractivity contribution in [1.29, 1.82) is 5.26 Å². The summed E-state index contributed by atoms with van der Waals surface area (Å²) in [5, 5.41) is 14.1. The number of anilines is 3. The molecule has 1 heterocycles. The number of hydrogen-bond acceptors (Lipinski definition) is 8. The molecule has 0 radical (unpaired) electrons. The van der Waals surface area contributed by atoms with Crippen LogP contribution in [0, 0.1) is 11.3 Å². The number of ether oxygens (including phenoxy) is 1. The highest BCUT2D eigenvalue weighted by molar-refractivity contribution is 7.07. The van der Waals surface area contributed by atoms with Crippen LogP contribution in [0.15, 0.2) is 53.3 Å². The van der Waals surface area contributed by atoms with Crippen LogP contribution in [0.5, 0.6) is 5.75 Å². The minimum Gasteiger partial charge on any atom is -0.497 e. The van der Waals surface area contributed by atoms with Gasteiger partial charge in [0.1, 0.15) is 27.6 Å². The molecule has 3 aromatic rings. The quantitative estimate of drug-likeness (QED) is 0.365. The van der Waals surface area contributed by atoms with Gasteiger partial charge in [-0.05, 0) is 37.3 Å². The molecule has 0 aliphatic carbocycles. The van der Waals surface area contributed by atoms with E-state index in [9.17, 15) is 32.8 Å². The number of carbonyl (C=O) groups excluding carboxylic acids is 2. The van der Waals surface area contributed by atoms with Crippen LogP contribution in [0.25, 0.3) is 11.8 Å². The monoisotopic (exact) mass is 602 g/mol. The molecule has 0 bridgehead atoms. The predicted octanol–water partition coefficient (Wildman–Crippen LogP) is 2.24. The zero-order chi connectivity index (χ0) is 31.0. The van der Waals surface area contributed by atoms with E-state index in [1.165, 1.54) is 11.1 Å². The normalized spacial score (nSPS) is 12.3. The second kappa shape index (κ2) is 13.7. The molecule has 0 saturated heterocycles. The summed E-state index contributed by atoms with van der Waals surface area (Å²) in [6.07, 6.45) is -3.28. The molecule has 0 aliphatic rings. The number of amides is 2. The highest BCUT2D eigenvalue weighted by Crippen LogP contribution is 2.22. The van der Waals surface area contributed by atoms with Crippen LogP contribution >= 0.6 is 11.3 Å². The van der Waals surface area contributed by atoms with E-state index in [4.69, 9.17) is 4.74 Å². The van der Waals surface area contributed by atoms with Gasteiger partial charge >= 0.3 is 6.18 Å². The minimum atomic E-state index is -4.65. The van der Waals surface area contributed by atoms with E-state index in [2.05, 4.69) is 5.32 Å². The van der Waals surface area contributed by atoms with Crippen molar-refractivity contribution in [1.82, 2.24) is 9.88 Å². The lowest BCUT2D eigenvalue weighted by Crippen LogP contribution is -2.37. The number of nitriles is 1. The van der Waals surface area contributed by atoms with Gasteiger partial charge in [-0.2, -0.15) is 18.4 Å². The summed E-state index contributed by atoms with van der Waals surface area (Å²) in [6, 6.07) is 15.8. The van der Waals surface area contributed by atoms with Crippen molar-refractivity contribution in [3.63, 3.8) is 0 Å². The number of halogens is 3. The van der Waals surface area contributed by atoms with Crippen LogP contribution in [-0.2, 0) is 16.1 Å². The maximum absolute atomic E-state index is 13.0. The topological polar surface area (TPSA) is 120 Å². The van der Waals surface area contributed by atoms with Crippen molar-refractivity contribution in [2.45, 2.75) is 19.6 Å². The summed E-state index contributed by atoms with van der Waals surface area (Å²) in [5.41, 5.74) is 0.813. The van der Waals surface area contributed by atoms with Gasteiger partial charge in [-0.1, -0.05) is 12.1 Å². The fraction of sp³-hybridized carbons (Fsp3) is 0.286. The molecular formula is C28H29F3N6O4S. The van der Waals surface area contributed by atoms with Gasteiger partial charge < -0.3 is 25.2 Å². The van der Waals surface area contributed by atoms with E-state index in [0.29, 0.717) is 17.1 Å². The molecule has 2 aromatic carbocycles. The second-order valence-electron chi connectivity index (χ2n) is 8.95. The van der Waals surface area contributed by atoms with Crippen molar-refractivity contribution in [2.75, 3.05) is 49.4 Å². The van der Waals surface area contributed by atoms with Gasteiger partial charge in [0.05, 0.1) is 13.7 Å². The lowest BCUT2D eigenvalue weighted by Gasteiger charge is -2.24. The third kappa shape index (κ3) is 7.91. The smallest absolute Gasteiger partial charge is 0.405 e. The van der Waals surface area contributed by atoms with Gasteiger partial charge in [0, 0.05) is 50.0 Å². The third-order valence-electron chi connectivity index (χ3n) is 6.07. The number of nitrogens with one attached hydrogen (secondary N) is 2. The Balaban J connectivity index is 1.83. The van der Waals surface area contributed by atoms with Crippen molar-refractivity contribution in [2.24, 2.45) is 0 Å². The predicted molar refractivity (Wildman–Crippen MR) is 156 cm³/mol. The molecule has 3 rings (SSSR count). The van der Waals surface area contributed by atoms with E-state index in [-0.39, 0.29) is 28.2 Å². The Hall–Kier alpha value is -4.77. The zero-order valence-corrected chi connectivity index (χ0v) is 24.1. The van der Waals surface area contributed by atoms with Gasteiger partial charge in [-0.15, -0.1) is 11.3 Å². The number of methoxy groups -OCH3 is 1. The number of likely N-dealkylation sites (N-methyl/N-ethyl adjacent to an activating group) is 2. The summed E-state index contributed by atoms with van der Waals surface area (Å²) < 4.78 is 44.1. The fourth-order valence-electron chi connectivity index (χ4n) is 3.80. The molecule has 42 heavy (non-hydrogen) atoms. The number of benzene rings is 2. The molecule has 14 heteroatoms. The lowest BCUT2D eigenvalue weighted by atomic mass is 10.2. The van der Waals surface area contributed by atoms with E-state index in [1.807, 2.05) is 24.3 Å². The van der Waals surface area contributed by atoms with Crippen molar-refractivity contribution in [3.05, 3.63) is 68.1 Å². The molecule has 0 aliphatic heterocycles. The second-order valence-corrected chi connectivity index (χ2v) is 9.99. The third-order valence-corrected chi connectivity index (χ3v) is 7.20. The van der Waals surface area contributed by atoms with Crippen molar-refractivity contribution in [3.8, 4) is 11.8 Å². The Kier molecular flexibility index (Phi) is 10.4. The maximum atomic E-state index is 13.0. The Bertz CT molecular complexity index is 1680. The van der Waals surface area contributed by atoms with Crippen LogP contribution in [0.2, 0.25) is 0 Å². The summed E-state index contributed by atoms with van der Waals surface area (Å²) in [7, 11) is 5.00. The first kappa shape index (κ1) is 31.8. The van der Waals surface area contributed by atoms with Crippen LogP contribution < -0.4 is 39.9 Å². The lowest BCUT2D eigenvalue weighted by molar-refractivity contribution is -0.135. The van der Waals surface area contributed by atoms with Crippen molar-refractivity contribution < 1.29 is 27.5 Å². The van der Waals surface area contributed by atoms with Crippen LogP contribution in [0.3, 0.4) is 0 Å². The number of hydrogen-bond donors (Lipinski definition) is 2. The molecule has 0 saturated carbocycles.